The molecule has 24 heavy (non-hydrogen) atoms. The average Bonchev–Trinajstić information content (AvgIpc) is 2.59. The van der Waals surface area contributed by atoms with Crippen LogP contribution in [-0.2, 0) is 16.0 Å². The van der Waals surface area contributed by atoms with Gasteiger partial charge in [-0.2, -0.15) is 5.26 Å². The summed E-state index contributed by atoms with van der Waals surface area (Å²) < 4.78 is 15.9. The first-order valence-corrected chi connectivity index (χ1v) is 7.54. The lowest BCUT2D eigenvalue weighted by atomic mass is 10.1. The van der Waals surface area contributed by atoms with E-state index in [-0.39, 0.29) is 25.6 Å². The molecule has 0 bridgehead atoms. The van der Waals surface area contributed by atoms with Crippen molar-refractivity contribution in [3.8, 4) is 17.6 Å². The number of nitriles is 1. The molecule has 0 aliphatic rings. The van der Waals surface area contributed by atoms with E-state index in [4.69, 9.17) is 19.5 Å². The molecule has 0 aliphatic heterocycles. The van der Waals surface area contributed by atoms with Gasteiger partial charge in [0.1, 0.15) is 24.7 Å². The minimum absolute atomic E-state index is 0.154. The molecule has 0 saturated heterocycles. The van der Waals surface area contributed by atoms with Crippen LogP contribution in [0, 0.1) is 18.3 Å². The second-order valence-electron chi connectivity index (χ2n) is 5.20. The zero-order valence-electron chi connectivity index (χ0n) is 13.7. The summed E-state index contributed by atoms with van der Waals surface area (Å²) in [7, 11) is 1.57. The van der Waals surface area contributed by atoms with E-state index in [0.29, 0.717) is 17.1 Å². The van der Waals surface area contributed by atoms with Crippen molar-refractivity contribution >= 4 is 5.97 Å². The van der Waals surface area contributed by atoms with Crippen LogP contribution < -0.4 is 9.47 Å². The molecule has 0 fully saturated rings. The Bertz CT molecular complexity index is 732. The minimum atomic E-state index is -0.331. The number of carbonyl (C=O) groups is 1. The Hall–Kier alpha value is -3.00. The summed E-state index contributed by atoms with van der Waals surface area (Å²) in [6.07, 6.45) is 0.154. The lowest BCUT2D eigenvalue weighted by Crippen LogP contribution is -2.14. The number of nitrogens with zero attached hydrogens (tertiary/aromatic N) is 1. The molecule has 2 aromatic rings. The number of esters is 1. The first kappa shape index (κ1) is 17.4. The topological polar surface area (TPSA) is 68.6 Å². The van der Waals surface area contributed by atoms with Crippen molar-refractivity contribution in [2.75, 3.05) is 20.3 Å². The van der Waals surface area contributed by atoms with Crippen LogP contribution in [0.15, 0.2) is 42.5 Å². The monoisotopic (exact) mass is 325 g/mol. The van der Waals surface area contributed by atoms with Crippen LogP contribution in [0.4, 0.5) is 0 Å². The Morgan fingerprint density at radius 1 is 1.12 bits per heavy atom. The highest BCUT2D eigenvalue weighted by Gasteiger charge is 2.10. The van der Waals surface area contributed by atoms with Crippen LogP contribution in [0.3, 0.4) is 0 Å². The molecule has 5 heteroatoms. The smallest absolute Gasteiger partial charge is 0.310 e. The standard InChI is InChI=1S/C19H19NO4/c1-14-3-8-18(22-2)16(11-14)12-19(21)24-10-9-23-17-6-4-15(13-20)5-7-17/h3-8,11H,9-10,12H2,1-2H3. The number of benzene rings is 2. The van der Waals surface area contributed by atoms with Gasteiger partial charge in [-0.3, -0.25) is 4.79 Å². The van der Waals surface area contributed by atoms with Crippen molar-refractivity contribution in [2.24, 2.45) is 0 Å². The van der Waals surface area contributed by atoms with Crippen LogP contribution in [-0.4, -0.2) is 26.3 Å². The maximum atomic E-state index is 11.9. The van der Waals surface area contributed by atoms with Gasteiger partial charge in [0.25, 0.3) is 0 Å². The van der Waals surface area contributed by atoms with E-state index in [0.717, 1.165) is 11.1 Å². The second-order valence-corrected chi connectivity index (χ2v) is 5.20. The van der Waals surface area contributed by atoms with Crippen LogP contribution >= 0.6 is 0 Å². The summed E-state index contributed by atoms with van der Waals surface area (Å²) in [6, 6.07) is 14.5. The second kappa shape index (κ2) is 8.59. The maximum Gasteiger partial charge on any atom is 0.310 e. The molecule has 0 N–H and O–H groups in total. The Morgan fingerprint density at radius 2 is 1.88 bits per heavy atom. The van der Waals surface area contributed by atoms with Gasteiger partial charge in [-0.05, 0) is 37.3 Å². The molecular formula is C19H19NO4. The first-order valence-electron chi connectivity index (χ1n) is 7.54. The van der Waals surface area contributed by atoms with Gasteiger partial charge >= 0.3 is 5.97 Å². The van der Waals surface area contributed by atoms with Gasteiger partial charge in [0, 0.05) is 5.56 Å². The Labute approximate surface area is 141 Å². The summed E-state index contributed by atoms with van der Waals surface area (Å²) in [5, 5.41) is 8.72. The lowest BCUT2D eigenvalue weighted by molar-refractivity contribution is -0.143. The fraction of sp³-hybridized carbons (Fsp3) is 0.263. The van der Waals surface area contributed by atoms with E-state index in [9.17, 15) is 4.79 Å². The zero-order chi connectivity index (χ0) is 17.4. The van der Waals surface area contributed by atoms with Gasteiger partial charge in [-0.15, -0.1) is 0 Å². The van der Waals surface area contributed by atoms with E-state index >= 15 is 0 Å². The summed E-state index contributed by atoms with van der Waals surface area (Å²) in [4.78, 5) is 11.9. The van der Waals surface area contributed by atoms with Crippen LogP contribution in [0.1, 0.15) is 16.7 Å². The molecule has 0 atom stereocenters. The third-order valence-electron chi connectivity index (χ3n) is 3.37. The molecule has 5 nitrogen and oxygen atoms in total. The molecular weight excluding hydrogens is 306 g/mol. The number of rotatable bonds is 7. The molecule has 124 valence electrons. The number of hydrogen-bond acceptors (Lipinski definition) is 5. The lowest BCUT2D eigenvalue weighted by Gasteiger charge is -2.10. The fourth-order valence-corrected chi connectivity index (χ4v) is 2.19. The summed E-state index contributed by atoms with van der Waals surface area (Å²) in [5.41, 5.74) is 2.43. The molecule has 2 rings (SSSR count). The summed E-state index contributed by atoms with van der Waals surface area (Å²) in [6.45, 7) is 2.37. The van der Waals surface area contributed by atoms with Gasteiger partial charge in [0.05, 0.1) is 25.2 Å². The normalized spacial score (nSPS) is 9.88. The van der Waals surface area contributed by atoms with E-state index in [1.807, 2.05) is 31.2 Å². The van der Waals surface area contributed by atoms with Gasteiger partial charge < -0.3 is 14.2 Å². The maximum absolute atomic E-state index is 11.9. The Balaban J connectivity index is 1.77. The highest BCUT2D eigenvalue weighted by Crippen LogP contribution is 2.20. The SMILES string of the molecule is COc1ccc(C)cc1CC(=O)OCCOc1ccc(C#N)cc1. The molecule has 0 heterocycles. The zero-order valence-corrected chi connectivity index (χ0v) is 13.7. The number of methoxy groups -OCH3 is 1. The Kier molecular flexibility index (Phi) is 6.21. The highest BCUT2D eigenvalue weighted by atomic mass is 16.6. The fourth-order valence-electron chi connectivity index (χ4n) is 2.19. The predicted molar refractivity (Wildman–Crippen MR) is 89.0 cm³/mol. The van der Waals surface area contributed by atoms with Gasteiger partial charge in [-0.25, -0.2) is 0 Å². The quantitative estimate of drug-likeness (QED) is 0.578. The predicted octanol–water partition coefficient (Wildman–Crippen LogP) is 3.04. The van der Waals surface area contributed by atoms with E-state index < -0.39 is 0 Å². The third-order valence-corrected chi connectivity index (χ3v) is 3.37. The van der Waals surface area contributed by atoms with Crippen molar-refractivity contribution in [1.82, 2.24) is 0 Å². The minimum Gasteiger partial charge on any atom is -0.496 e. The van der Waals surface area contributed by atoms with Gasteiger partial charge in [0.15, 0.2) is 0 Å². The molecule has 0 aromatic heterocycles. The van der Waals surface area contributed by atoms with Gasteiger partial charge in [-0.1, -0.05) is 17.7 Å². The largest absolute Gasteiger partial charge is 0.496 e. The molecule has 0 aliphatic carbocycles. The van der Waals surface area contributed by atoms with E-state index in [1.165, 1.54) is 0 Å². The Morgan fingerprint density at radius 3 is 2.54 bits per heavy atom. The van der Waals surface area contributed by atoms with E-state index in [2.05, 4.69) is 0 Å². The molecule has 0 radical (unpaired) electrons. The number of carbonyl (C=O) groups excluding carboxylic acids is 1. The molecule has 0 amide bonds. The average molecular weight is 325 g/mol. The summed E-state index contributed by atoms with van der Waals surface area (Å²) in [5.74, 6) is 0.971. The van der Waals surface area contributed by atoms with Crippen LogP contribution in [0.25, 0.3) is 0 Å². The first-order chi connectivity index (χ1) is 11.6. The molecule has 0 unspecified atom stereocenters. The van der Waals surface area contributed by atoms with Crippen LogP contribution in [0.2, 0.25) is 0 Å². The van der Waals surface area contributed by atoms with Crippen molar-refractivity contribution in [2.45, 2.75) is 13.3 Å². The molecule has 0 spiro atoms. The summed E-state index contributed by atoms with van der Waals surface area (Å²) >= 11 is 0. The van der Waals surface area contributed by atoms with E-state index in [1.54, 1.807) is 31.4 Å². The highest BCUT2D eigenvalue weighted by molar-refractivity contribution is 5.73. The number of ether oxygens (including phenoxy) is 3. The third kappa shape index (κ3) is 5.03. The van der Waals surface area contributed by atoms with Crippen molar-refractivity contribution < 1.29 is 19.0 Å². The number of aryl methyl sites for hydroxylation is 1. The van der Waals surface area contributed by atoms with Crippen LogP contribution in [0.5, 0.6) is 11.5 Å². The van der Waals surface area contributed by atoms with Crippen molar-refractivity contribution in [1.29, 1.82) is 5.26 Å². The van der Waals surface area contributed by atoms with Gasteiger partial charge in [0.2, 0.25) is 0 Å². The molecule has 2 aromatic carbocycles. The van der Waals surface area contributed by atoms with Crippen molar-refractivity contribution in [3.05, 3.63) is 59.2 Å². The molecule has 0 saturated carbocycles. The van der Waals surface area contributed by atoms with Crippen molar-refractivity contribution in [3.63, 3.8) is 0 Å². The number of hydrogen-bond donors (Lipinski definition) is 0.